The summed E-state index contributed by atoms with van der Waals surface area (Å²) in [5.41, 5.74) is 0. The molecule has 2 N–H and O–H groups in total. The first-order valence-corrected chi connectivity index (χ1v) is 8.52. The number of halogens is 2. The number of rotatable bonds is 5. The Labute approximate surface area is 142 Å². The van der Waals surface area contributed by atoms with Gasteiger partial charge in [-0.3, -0.25) is 0 Å². The molecular formula is C14H22ClFN2O4S. The molecule has 0 radical (unpaired) electrons. The second kappa shape index (κ2) is 8.14. The third kappa shape index (κ3) is 4.47. The average Bonchev–Trinajstić information content (AvgIpc) is 2.48. The van der Waals surface area contributed by atoms with Gasteiger partial charge >= 0.3 is 0 Å². The molecule has 1 saturated heterocycles. The van der Waals surface area contributed by atoms with Gasteiger partial charge < -0.3 is 14.8 Å². The second-order valence-electron chi connectivity index (χ2n) is 5.34. The van der Waals surface area contributed by atoms with Crippen LogP contribution in [0.15, 0.2) is 17.0 Å². The molecule has 2 unspecified atom stereocenters. The zero-order chi connectivity index (χ0) is 16.3. The highest BCUT2D eigenvalue weighted by molar-refractivity contribution is 7.89. The molecule has 9 heteroatoms. The maximum Gasteiger partial charge on any atom is 0.243 e. The third-order valence-corrected chi connectivity index (χ3v) is 5.32. The summed E-state index contributed by atoms with van der Waals surface area (Å²) in [6.07, 6.45) is 0.662. The fourth-order valence-electron chi connectivity index (χ4n) is 2.49. The van der Waals surface area contributed by atoms with Crippen LogP contribution >= 0.6 is 12.4 Å². The summed E-state index contributed by atoms with van der Waals surface area (Å²) in [5, 5.41) is 3.19. The maximum atomic E-state index is 14.1. The van der Waals surface area contributed by atoms with Crippen molar-refractivity contribution in [2.75, 3.05) is 27.3 Å². The average molecular weight is 369 g/mol. The highest BCUT2D eigenvalue weighted by Gasteiger charge is 2.29. The van der Waals surface area contributed by atoms with Crippen LogP contribution in [0.4, 0.5) is 4.39 Å². The molecule has 1 aliphatic heterocycles. The van der Waals surface area contributed by atoms with Crippen LogP contribution < -0.4 is 19.5 Å². The molecule has 1 aliphatic rings. The molecule has 0 amide bonds. The first-order valence-electron chi connectivity index (χ1n) is 7.03. The molecule has 23 heavy (non-hydrogen) atoms. The van der Waals surface area contributed by atoms with Crippen LogP contribution in [-0.4, -0.2) is 41.8 Å². The van der Waals surface area contributed by atoms with Crippen molar-refractivity contribution in [3.63, 3.8) is 0 Å². The first-order chi connectivity index (χ1) is 10.4. The molecule has 6 nitrogen and oxygen atoms in total. The Morgan fingerprint density at radius 1 is 1.26 bits per heavy atom. The van der Waals surface area contributed by atoms with Crippen molar-refractivity contribution in [3.8, 4) is 11.5 Å². The molecule has 0 saturated carbocycles. The van der Waals surface area contributed by atoms with E-state index < -0.39 is 20.7 Å². The monoisotopic (exact) mass is 368 g/mol. The van der Waals surface area contributed by atoms with Crippen LogP contribution in [0.1, 0.15) is 13.3 Å². The fraction of sp³-hybridized carbons (Fsp3) is 0.571. The molecule has 0 aromatic heterocycles. The number of sulfonamides is 1. The van der Waals surface area contributed by atoms with Gasteiger partial charge in [0.05, 0.1) is 14.2 Å². The first kappa shape index (κ1) is 20.0. The summed E-state index contributed by atoms with van der Waals surface area (Å²) < 4.78 is 51.7. The van der Waals surface area contributed by atoms with E-state index in [9.17, 15) is 12.8 Å². The Bertz CT molecular complexity index is 642. The summed E-state index contributed by atoms with van der Waals surface area (Å²) in [5.74, 6) is -0.421. The number of piperidine rings is 1. The van der Waals surface area contributed by atoms with Gasteiger partial charge in [0, 0.05) is 18.2 Å². The Morgan fingerprint density at radius 3 is 2.43 bits per heavy atom. The summed E-state index contributed by atoms with van der Waals surface area (Å²) in [7, 11) is -1.24. The molecule has 1 heterocycles. The largest absolute Gasteiger partial charge is 0.493 e. The van der Waals surface area contributed by atoms with Crippen molar-refractivity contribution in [1.82, 2.24) is 10.0 Å². The minimum absolute atomic E-state index is 0. The van der Waals surface area contributed by atoms with Gasteiger partial charge in [0.25, 0.3) is 0 Å². The maximum absolute atomic E-state index is 14.1. The van der Waals surface area contributed by atoms with Gasteiger partial charge in [0.15, 0.2) is 11.5 Å². The van der Waals surface area contributed by atoms with Gasteiger partial charge in [0.1, 0.15) is 10.7 Å². The predicted octanol–water partition coefficient (Wildman–Crippen LogP) is 1.54. The molecule has 0 aliphatic carbocycles. The normalized spacial score (nSPS) is 21.4. The van der Waals surface area contributed by atoms with Crippen molar-refractivity contribution in [3.05, 3.63) is 17.9 Å². The Balaban J connectivity index is 0.00000264. The molecular weight excluding hydrogens is 347 g/mol. The van der Waals surface area contributed by atoms with Crippen LogP contribution in [0.5, 0.6) is 11.5 Å². The van der Waals surface area contributed by atoms with Crippen LogP contribution in [-0.2, 0) is 10.0 Å². The fourth-order valence-corrected chi connectivity index (χ4v) is 3.95. The molecule has 132 valence electrons. The number of hydrogen-bond acceptors (Lipinski definition) is 5. The predicted molar refractivity (Wildman–Crippen MR) is 87.5 cm³/mol. The lowest BCUT2D eigenvalue weighted by Crippen LogP contribution is -2.48. The summed E-state index contributed by atoms with van der Waals surface area (Å²) in [6.45, 7) is 3.40. The number of ether oxygens (including phenoxy) is 2. The molecule has 1 fully saturated rings. The van der Waals surface area contributed by atoms with Crippen LogP contribution in [0.2, 0.25) is 0 Å². The second-order valence-corrected chi connectivity index (χ2v) is 7.02. The minimum Gasteiger partial charge on any atom is -0.493 e. The van der Waals surface area contributed by atoms with Crippen LogP contribution in [0.3, 0.4) is 0 Å². The van der Waals surface area contributed by atoms with E-state index in [1.54, 1.807) is 0 Å². The smallest absolute Gasteiger partial charge is 0.243 e. The number of hydrogen-bond donors (Lipinski definition) is 2. The summed E-state index contributed by atoms with van der Waals surface area (Å²) in [4.78, 5) is -0.434. The van der Waals surface area contributed by atoms with Crippen molar-refractivity contribution >= 4 is 22.4 Å². The van der Waals surface area contributed by atoms with Gasteiger partial charge in [-0.1, -0.05) is 6.92 Å². The van der Waals surface area contributed by atoms with Gasteiger partial charge in [-0.05, 0) is 25.4 Å². The third-order valence-electron chi connectivity index (χ3n) is 3.82. The van der Waals surface area contributed by atoms with Gasteiger partial charge in [-0.2, -0.15) is 0 Å². The number of methoxy groups -OCH3 is 2. The van der Waals surface area contributed by atoms with E-state index >= 15 is 0 Å². The molecule has 2 atom stereocenters. The topological polar surface area (TPSA) is 76.7 Å². The lowest BCUT2D eigenvalue weighted by atomic mass is 9.97. The minimum atomic E-state index is -3.97. The van der Waals surface area contributed by atoms with E-state index in [1.165, 1.54) is 14.2 Å². The van der Waals surface area contributed by atoms with E-state index in [0.29, 0.717) is 6.42 Å². The van der Waals surface area contributed by atoms with E-state index in [0.717, 1.165) is 25.2 Å². The van der Waals surface area contributed by atoms with E-state index in [4.69, 9.17) is 9.47 Å². The van der Waals surface area contributed by atoms with Crippen LogP contribution in [0, 0.1) is 11.7 Å². The number of benzene rings is 1. The Hall–Kier alpha value is -1.09. The number of nitrogens with one attached hydrogen (secondary N) is 2. The van der Waals surface area contributed by atoms with Crippen molar-refractivity contribution < 1.29 is 22.3 Å². The van der Waals surface area contributed by atoms with Gasteiger partial charge in [-0.25, -0.2) is 17.5 Å². The zero-order valence-electron chi connectivity index (χ0n) is 13.3. The SMILES string of the molecule is COc1cc(F)c(S(=O)(=O)NC2CCNCC2C)cc1OC.Cl. The van der Waals surface area contributed by atoms with Crippen molar-refractivity contribution in [1.29, 1.82) is 0 Å². The van der Waals surface area contributed by atoms with E-state index in [-0.39, 0.29) is 35.9 Å². The van der Waals surface area contributed by atoms with Crippen LogP contribution in [0.25, 0.3) is 0 Å². The zero-order valence-corrected chi connectivity index (χ0v) is 14.9. The van der Waals surface area contributed by atoms with Gasteiger partial charge in [-0.15, -0.1) is 12.4 Å². The molecule has 1 aromatic rings. The highest BCUT2D eigenvalue weighted by Crippen LogP contribution is 2.32. The van der Waals surface area contributed by atoms with E-state index in [1.807, 2.05) is 6.92 Å². The Kier molecular flexibility index (Phi) is 7.06. The standard InChI is InChI=1S/C14H21FN2O4S.ClH/c1-9-8-16-5-4-11(9)17-22(18,19)14-7-13(21-3)12(20-2)6-10(14)15;/h6-7,9,11,16-17H,4-5,8H2,1-3H3;1H. The molecule has 0 spiro atoms. The highest BCUT2D eigenvalue weighted by atomic mass is 35.5. The molecule has 1 aromatic carbocycles. The Morgan fingerprint density at radius 2 is 1.87 bits per heavy atom. The van der Waals surface area contributed by atoms with E-state index in [2.05, 4.69) is 10.0 Å². The molecule has 2 rings (SSSR count). The summed E-state index contributed by atoms with van der Waals surface area (Å²) >= 11 is 0. The molecule has 0 bridgehead atoms. The van der Waals surface area contributed by atoms with Crippen molar-refractivity contribution in [2.45, 2.75) is 24.3 Å². The van der Waals surface area contributed by atoms with Gasteiger partial charge in [0.2, 0.25) is 10.0 Å². The quantitative estimate of drug-likeness (QED) is 0.824. The lowest BCUT2D eigenvalue weighted by molar-refractivity contribution is 0.327. The lowest BCUT2D eigenvalue weighted by Gasteiger charge is -2.30. The van der Waals surface area contributed by atoms with Crippen molar-refractivity contribution in [2.24, 2.45) is 5.92 Å². The summed E-state index contributed by atoms with van der Waals surface area (Å²) in [6, 6.07) is 1.93.